The molecule has 300 valence electrons. The van der Waals surface area contributed by atoms with E-state index in [4.69, 9.17) is 0 Å². The van der Waals surface area contributed by atoms with Gasteiger partial charge in [-0.1, -0.05) is 213 Å². The van der Waals surface area contributed by atoms with Crippen LogP contribution in [-0.2, 0) is 21.7 Å². The van der Waals surface area contributed by atoms with Crippen molar-refractivity contribution >= 4 is 17.1 Å². The third-order valence-electron chi connectivity index (χ3n) is 13.7. The molecule has 2 aliphatic carbocycles. The molecule has 0 radical (unpaired) electrons. The quantitative estimate of drug-likeness (QED) is 0.162. The smallest absolute Gasteiger partial charge is 0.0714 e. The summed E-state index contributed by atoms with van der Waals surface area (Å²) in [5.74, 6) is 0. The lowest BCUT2D eigenvalue weighted by atomic mass is 9.66. The summed E-state index contributed by atoms with van der Waals surface area (Å²) in [4.78, 5) is 2.57. The summed E-state index contributed by atoms with van der Waals surface area (Å²) in [6.07, 6.45) is 0. The predicted molar refractivity (Wildman–Crippen MR) is 259 cm³/mol. The Morgan fingerprint density at radius 3 is 1.51 bits per heavy atom. The molecule has 0 aromatic heterocycles. The lowest BCUT2D eigenvalue weighted by Gasteiger charge is -2.36. The van der Waals surface area contributed by atoms with Crippen molar-refractivity contribution in [2.45, 2.75) is 77.0 Å². The second-order valence-electron chi connectivity index (χ2n) is 19.8. The third kappa shape index (κ3) is 6.12. The van der Waals surface area contributed by atoms with Gasteiger partial charge in [-0.05, 0) is 113 Å². The monoisotopic (exact) mass is 789 g/mol. The van der Waals surface area contributed by atoms with Crippen LogP contribution in [0, 0.1) is 0 Å². The van der Waals surface area contributed by atoms with Gasteiger partial charge >= 0.3 is 0 Å². The number of rotatable bonds is 6. The van der Waals surface area contributed by atoms with Crippen molar-refractivity contribution in [3.63, 3.8) is 0 Å². The van der Waals surface area contributed by atoms with E-state index in [0.29, 0.717) is 0 Å². The van der Waals surface area contributed by atoms with Gasteiger partial charge in [0.25, 0.3) is 0 Å². The minimum Gasteiger partial charge on any atom is -0.310 e. The Kier molecular flexibility index (Phi) is 8.93. The van der Waals surface area contributed by atoms with Gasteiger partial charge < -0.3 is 4.90 Å². The standard InChI is InChI=1S/C60H55N/c1-57(2,3)44-30-34-50-53(36-44)60(42-22-14-10-15-23-42,43-24-16-11-17-25-43)54-37-45(58(4,5)6)38-55(56(50)54)61(46-31-28-41(29-32-46)40-20-12-9-13-21-40)47-33-35-49-48-26-18-19-27-51(48)59(7,8)52(49)39-47/h9-39H,1-8H3. The Morgan fingerprint density at radius 1 is 0.377 bits per heavy atom. The molecule has 0 atom stereocenters. The first-order chi connectivity index (χ1) is 29.3. The van der Waals surface area contributed by atoms with Crippen molar-refractivity contribution < 1.29 is 0 Å². The zero-order valence-corrected chi connectivity index (χ0v) is 36.8. The maximum Gasteiger partial charge on any atom is 0.0714 e. The number of fused-ring (bicyclic) bond motifs is 6. The van der Waals surface area contributed by atoms with Crippen LogP contribution in [0.2, 0.25) is 0 Å². The van der Waals surface area contributed by atoms with Gasteiger partial charge in [0.15, 0.2) is 0 Å². The number of anilines is 3. The van der Waals surface area contributed by atoms with Gasteiger partial charge in [0, 0.05) is 22.4 Å². The van der Waals surface area contributed by atoms with Crippen LogP contribution in [-0.4, -0.2) is 0 Å². The molecule has 0 fully saturated rings. The molecule has 0 heterocycles. The fraction of sp³-hybridized carbons (Fsp3) is 0.200. The first-order valence-corrected chi connectivity index (χ1v) is 21.9. The van der Waals surface area contributed by atoms with Crippen LogP contribution in [0.1, 0.15) is 99.9 Å². The van der Waals surface area contributed by atoms with Crippen LogP contribution in [0.3, 0.4) is 0 Å². The van der Waals surface area contributed by atoms with Crippen LogP contribution >= 0.6 is 0 Å². The molecule has 2 aliphatic rings. The first-order valence-electron chi connectivity index (χ1n) is 21.9. The zero-order valence-electron chi connectivity index (χ0n) is 36.8. The SMILES string of the molecule is CC(C)(C)c1ccc2c(c1)C(c1ccccc1)(c1ccccc1)c1cc(C(C)(C)C)cc(N(c3ccc(-c4ccccc4)cc3)c3ccc4c(c3)C(C)(C)c3ccccc3-4)c1-2. The maximum atomic E-state index is 2.57. The average molecular weight is 790 g/mol. The third-order valence-corrected chi connectivity index (χ3v) is 13.7. The van der Waals surface area contributed by atoms with Gasteiger partial charge in [0.05, 0.1) is 11.1 Å². The maximum absolute atomic E-state index is 2.57. The van der Waals surface area contributed by atoms with Gasteiger partial charge in [0.1, 0.15) is 0 Å². The summed E-state index contributed by atoms with van der Waals surface area (Å²) in [6.45, 7) is 18.9. The van der Waals surface area contributed by atoms with E-state index >= 15 is 0 Å². The number of hydrogen-bond donors (Lipinski definition) is 0. The molecule has 8 aromatic carbocycles. The molecule has 0 saturated heterocycles. The highest BCUT2D eigenvalue weighted by molar-refractivity contribution is 5.99. The van der Waals surface area contributed by atoms with Crippen LogP contribution in [0.4, 0.5) is 17.1 Å². The number of hydrogen-bond acceptors (Lipinski definition) is 1. The van der Waals surface area contributed by atoms with Crippen molar-refractivity contribution in [2.24, 2.45) is 0 Å². The highest BCUT2D eigenvalue weighted by Gasteiger charge is 2.49. The fourth-order valence-corrected chi connectivity index (χ4v) is 10.4. The molecule has 0 amide bonds. The van der Waals surface area contributed by atoms with Crippen LogP contribution in [0.5, 0.6) is 0 Å². The Bertz CT molecular complexity index is 2880. The molecule has 61 heavy (non-hydrogen) atoms. The van der Waals surface area contributed by atoms with Crippen LogP contribution in [0.15, 0.2) is 188 Å². The van der Waals surface area contributed by atoms with E-state index in [1.165, 1.54) is 83.6 Å². The molecule has 0 unspecified atom stereocenters. The topological polar surface area (TPSA) is 3.24 Å². The van der Waals surface area contributed by atoms with Gasteiger partial charge in [-0.2, -0.15) is 0 Å². The molecular formula is C60H55N. The van der Waals surface area contributed by atoms with E-state index < -0.39 is 5.41 Å². The van der Waals surface area contributed by atoms with E-state index in [1.807, 2.05) is 0 Å². The van der Waals surface area contributed by atoms with Gasteiger partial charge in [0.2, 0.25) is 0 Å². The van der Waals surface area contributed by atoms with Crippen molar-refractivity contribution in [3.05, 3.63) is 233 Å². The van der Waals surface area contributed by atoms with Crippen LogP contribution < -0.4 is 4.90 Å². The largest absolute Gasteiger partial charge is 0.310 e. The Morgan fingerprint density at radius 2 is 0.885 bits per heavy atom. The van der Waals surface area contributed by atoms with Crippen molar-refractivity contribution in [1.82, 2.24) is 0 Å². The molecule has 8 aromatic rings. The summed E-state index contributed by atoms with van der Waals surface area (Å²) < 4.78 is 0. The molecule has 0 saturated carbocycles. The lowest BCUT2D eigenvalue weighted by molar-refractivity contribution is 0.586. The summed E-state index contributed by atoms with van der Waals surface area (Å²) in [6, 6.07) is 71.1. The number of benzene rings is 8. The molecule has 0 aliphatic heterocycles. The highest BCUT2D eigenvalue weighted by atomic mass is 15.1. The Hall–Kier alpha value is -6.44. The fourth-order valence-electron chi connectivity index (χ4n) is 10.4. The minimum absolute atomic E-state index is 0.0380. The first kappa shape index (κ1) is 38.7. The molecule has 1 heteroatoms. The van der Waals surface area contributed by atoms with E-state index in [9.17, 15) is 0 Å². The van der Waals surface area contributed by atoms with E-state index in [0.717, 1.165) is 11.4 Å². The summed E-state index contributed by atoms with van der Waals surface area (Å²) in [5.41, 5.74) is 20.9. The number of nitrogens with zero attached hydrogens (tertiary/aromatic N) is 1. The molecule has 0 bridgehead atoms. The predicted octanol–water partition coefficient (Wildman–Crippen LogP) is 16.1. The Balaban J connectivity index is 1.33. The minimum atomic E-state index is -0.561. The van der Waals surface area contributed by atoms with Crippen molar-refractivity contribution in [2.75, 3.05) is 4.90 Å². The zero-order chi connectivity index (χ0) is 42.3. The highest BCUT2D eigenvalue weighted by Crippen LogP contribution is 2.61. The van der Waals surface area contributed by atoms with Crippen molar-refractivity contribution in [3.8, 4) is 33.4 Å². The summed E-state index contributed by atoms with van der Waals surface area (Å²) in [5, 5.41) is 0. The van der Waals surface area contributed by atoms with Gasteiger partial charge in [-0.25, -0.2) is 0 Å². The van der Waals surface area contributed by atoms with E-state index in [2.05, 4.69) is 248 Å². The normalized spacial score (nSPS) is 14.5. The average Bonchev–Trinajstić information content (AvgIpc) is 3.69. The second-order valence-corrected chi connectivity index (χ2v) is 19.8. The van der Waals surface area contributed by atoms with Crippen LogP contribution in [0.25, 0.3) is 33.4 Å². The van der Waals surface area contributed by atoms with E-state index in [-0.39, 0.29) is 16.2 Å². The molecule has 10 rings (SSSR count). The molecule has 0 spiro atoms. The summed E-state index contributed by atoms with van der Waals surface area (Å²) in [7, 11) is 0. The van der Waals surface area contributed by atoms with Crippen molar-refractivity contribution in [1.29, 1.82) is 0 Å². The molecule has 1 nitrogen and oxygen atoms in total. The second kappa shape index (κ2) is 14.1. The van der Waals surface area contributed by atoms with Gasteiger partial charge in [-0.15, -0.1) is 0 Å². The summed E-state index contributed by atoms with van der Waals surface area (Å²) >= 11 is 0. The molecule has 0 N–H and O–H groups in total. The lowest BCUT2D eigenvalue weighted by Crippen LogP contribution is -2.30. The van der Waals surface area contributed by atoms with E-state index in [1.54, 1.807) is 0 Å². The van der Waals surface area contributed by atoms with Gasteiger partial charge in [-0.3, -0.25) is 0 Å². The molecular weight excluding hydrogens is 735 g/mol. The Labute approximate surface area is 363 Å².